The standard InChI is InChI=1S/C22H29N3O5/c1-25-15-17(22(27)23-11-6-4-3-5-8-20(26)28-2)21(24-25)16-9-10-18-19(14-16)30-13-7-12-29-18/h9-10,14-15H,3-8,11-13H2,1-2H3,(H,23,27). The zero-order valence-electron chi connectivity index (χ0n) is 17.6. The van der Waals surface area contributed by atoms with Crippen LogP contribution in [0.5, 0.6) is 11.5 Å². The fourth-order valence-electron chi connectivity index (χ4n) is 3.33. The van der Waals surface area contributed by atoms with Crippen LogP contribution in [-0.4, -0.2) is 48.5 Å². The maximum atomic E-state index is 12.7. The summed E-state index contributed by atoms with van der Waals surface area (Å²) >= 11 is 0. The summed E-state index contributed by atoms with van der Waals surface area (Å²) < 4.78 is 17.7. The molecule has 8 heteroatoms. The van der Waals surface area contributed by atoms with Crippen LogP contribution >= 0.6 is 0 Å². The third-order valence-corrected chi connectivity index (χ3v) is 4.92. The van der Waals surface area contributed by atoms with Crippen LogP contribution in [0.15, 0.2) is 24.4 Å². The molecule has 3 rings (SSSR count). The van der Waals surface area contributed by atoms with E-state index in [-0.39, 0.29) is 11.9 Å². The molecular weight excluding hydrogens is 386 g/mol. The molecular formula is C22H29N3O5. The zero-order chi connectivity index (χ0) is 21.3. The number of carbonyl (C=O) groups excluding carboxylic acids is 2. The van der Waals surface area contributed by atoms with Gasteiger partial charge in [0.2, 0.25) is 0 Å². The Hall–Kier alpha value is -3.03. The number of benzene rings is 1. The highest BCUT2D eigenvalue weighted by atomic mass is 16.5. The SMILES string of the molecule is COC(=O)CCCCCCNC(=O)c1cn(C)nc1-c1ccc2c(c1)OCCCO2. The van der Waals surface area contributed by atoms with Crippen LogP contribution in [-0.2, 0) is 16.6 Å². The Bertz CT molecular complexity index is 878. The maximum absolute atomic E-state index is 12.7. The molecule has 0 saturated heterocycles. The number of methoxy groups -OCH3 is 1. The summed E-state index contributed by atoms with van der Waals surface area (Å²) in [7, 11) is 3.20. The average molecular weight is 415 g/mol. The van der Waals surface area contributed by atoms with E-state index in [1.165, 1.54) is 7.11 Å². The molecule has 2 aromatic rings. The van der Waals surface area contributed by atoms with Crippen molar-refractivity contribution in [2.45, 2.75) is 38.5 Å². The average Bonchev–Trinajstić information content (AvgIpc) is 2.99. The van der Waals surface area contributed by atoms with Crippen molar-refractivity contribution >= 4 is 11.9 Å². The number of hydrogen-bond donors (Lipinski definition) is 1. The van der Waals surface area contributed by atoms with Gasteiger partial charge in [0, 0.05) is 38.2 Å². The molecule has 2 heterocycles. The molecule has 0 atom stereocenters. The third-order valence-electron chi connectivity index (χ3n) is 4.92. The fourth-order valence-corrected chi connectivity index (χ4v) is 3.33. The van der Waals surface area contributed by atoms with Gasteiger partial charge < -0.3 is 19.5 Å². The van der Waals surface area contributed by atoms with E-state index < -0.39 is 0 Å². The van der Waals surface area contributed by atoms with Gasteiger partial charge in [0.1, 0.15) is 5.69 Å². The van der Waals surface area contributed by atoms with Crippen LogP contribution in [0.2, 0.25) is 0 Å². The smallest absolute Gasteiger partial charge is 0.305 e. The van der Waals surface area contributed by atoms with Gasteiger partial charge in [-0.3, -0.25) is 14.3 Å². The van der Waals surface area contributed by atoms with Crippen LogP contribution in [0.4, 0.5) is 0 Å². The fraction of sp³-hybridized carbons (Fsp3) is 0.500. The number of aromatic nitrogens is 2. The van der Waals surface area contributed by atoms with Crippen LogP contribution in [0.1, 0.15) is 48.9 Å². The molecule has 0 radical (unpaired) electrons. The number of unbranched alkanes of at least 4 members (excludes halogenated alkanes) is 3. The molecule has 8 nitrogen and oxygen atoms in total. The summed E-state index contributed by atoms with van der Waals surface area (Å²) in [6.45, 7) is 1.81. The van der Waals surface area contributed by atoms with Gasteiger partial charge in [-0.15, -0.1) is 0 Å². The molecule has 1 aliphatic heterocycles. The first kappa shape index (κ1) is 21.7. The van der Waals surface area contributed by atoms with Crippen molar-refractivity contribution in [3.8, 4) is 22.8 Å². The molecule has 1 aromatic carbocycles. The van der Waals surface area contributed by atoms with E-state index >= 15 is 0 Å². The predicted molar refractivity (Wildman–Crippen MR) is 112 cm³/mol. The number of nitrogens with zero attached hydrogens (tertiary/aromatic N) is 2. The Morgan fingerprint density at radius 3 is 2.70 bits per heavy atom. The predicted octanol–water partition coefficient (Wildman–Crippen LogP) is 3.10. The lowest BCUT2D eigenvalue weighted by Gasteiger charge is -2.09. The molecule has 0 aliphatic carbocycles. The van der Waals surface area contributed by atoms with E-state index in [4.69, 9.17) is 9.47 Å². The van der Waals surface area contributed by atoms with E-state index in [0.717, 1.165) is 37.7 Å². The van der Waals surface area contributed by atoms with Crippen molar-refractivity contribution < 1.29 is 23.8 Å². The number of ether oxygens (including phenoxy) is 3. The normalized spacial score (nSPS) is 12.9. The lowest BCUT2D eigenvalue weighted by Crippen LogP contribution is -2.24. The number of fused-ring (bicyclic) bond motifs is 1. The van der Waals surface area contributed by atoms with Crippen molar-refractivity contribution in [1.29, 1.82) is 0 Å². The summed E-state index contributed by atoms with van der Waals surface area (Å²) in [6.07, 6.45) is 6.54. The quantitative estimate of drug-likeness (QED) is 0.500. The molecule has 30 heavy (non-hydrogen) atoms. The van der Waals surface area contributed by atoms with Crippen molar-refractivity contribution in [2.24, 2.45) is 7.05 Å². The number of hydrogen-bond acceptors (Lipinski definition) is 6. The second-order valence-corrected chi connectivity index (χ2v) is 7.27. The van der Waals surface area contributed by atoms with Crippen molar-refractivity contribution in [3.63, 3.8) is 0 Å². The number of nitrogens with one attached hydrogen (secondary N) is 1. The van der Waals surface area contributed by atoms with Crippen molar-refractivity contribution in [1.82, 2.24) is 15.1 Å². The van der Waals surface area contributed by atoms with Crippen LogP contribution in [0.3, 0.4) is 0 Å². The van der Waals surface area contributed by atoms with Gasteiger partial charge in [0.25, 0.3) is 5.91 Å². The lowest BCUT2D eigenvalue weighted by molar-refractivity contribution is -0.140. The van der Waals surface area contributed by atoms with Gasteiger partial charge in [-0.25, -0.2) is 0 Å². The van der Waals surface area contributed by atoms with Gasteiger partial charge in [-0.2, -0.15) is 5.10 Å². The molecule has 0 fully saturated rings. The minimum absolute atomic E-state index is 0.153. The van der Waals surface area contributed by atoms with Crippen molar-refractivity contribution in [3.05, 3.63) is 30.0 Å². The number of esters is 1. The first-order valence-electron chi connectivity index (χ1n) is 10.4. The van der Waals surface area contributed by atoms with E-state index in [1.54, 1.807) is 17.9 Å². The Morgan fingerprint density at radius 2 is 1.90 bits per heavy atom. The molecule has 0 bridgehead atoms. The van der Waals surface area contributed by atoms with E-state index in [0.29, 0.717) is 48.9 Å². The summed E-state index contributed by atoms with van der Waals surface area (Å²) in [4.78, 5) is 23.8. The summed E-state index contributed by atoms with van der Waals surface area (Å²) in [6, 6.07) is 5.63. The molecule has 1 aromatic heterocycles. The number of rotatable bonds is 9. The van der Waals surface area contributed by atoms with Gasteiger partial charge in [0.05, 0.1) is 25.9 Å². The van der Waals surface area contributed by atoms with Crippen LogP contribution in [0.25, 0.3) is 11.3 Å². The monoisotopic (exact) mass is 415 g/mol. The Balaban J connectivity index is 1.57. The second-order valence-electron chi connectivity index (χ2n) is 7.27. The van der Waals surface area contributed by atoms with E-state index in [1.807, 2.05) is 18.2 Å². The Morgan fingerprint density at radius 1 is 1.13 bits per heavy atom. The molecule has 0 saturated carbocycles. The topological polar surface area (TPSA) is 91.7 Å². The molecule has 0 spiro atoms. The molecule has 1 amide bonds. The van der Waals surface area contributed by atoms with Gasteiger partial charge in [-0.05, 0) is 31.0 Å². The first-order valence-corrected chi connectivity index (χ1v) is 10.4. The zero-order valence-corrected chi connectivity index (χ0v) is 17.6. The highest BCUT2D eigenvalue weighted by Gasteiger charge is 2.19. The molecule has 1 aliphatic rings. The van der Waals surface area contributed by atoms with Crippen LogP contribution in [0, 0.1) is 0 Å². The van der Waals surface area contributed by atoms with Crippen molar-refractivity contribution in [2.75, 3.05) is 26.9 Å². The number of carbonyl (C=O) groups is 2. The number of amides is 1. The first-order chi connectivity index (χ1) is 14.6. The molecule has 1 N–H and O–H groups in total. The molecule has 0 unspecified atom stereocenters. The lowest BCUT2D eigenvalue weighted by atomic mass is 10.1. The minimum atomic E-state index is -0.179. The maximum Gasteiger partial charge on any atom is 0.305 e. The van der Waals surface area contributed by atoms with E-state index in [2.05, 4.69) is 15.2 Å². The summed E-state index contributed by atoms with van der Waals surface area (Å²) in [5.41, 5.74) is 1.95. The highest BCUT2D eigenvalue weighted by Crippen LogP contribution is 2.34. The van der Waals surface area contributed by atoms with E-state index in [9.17, 15) is 9.59 Å². The van der Waals surface area contributed by atoms with Gasteiger partial charge >= 0.3 is 5.97 Å². The Labute approximate surface area is 176 Å². The molecule has 162 valence electrons. The Kier molecular flexibility index (Phi) is 7.70. The number of aryl methyl sites for hydroxylation is 1. The third kappa shape index (κ3) is 5.75. The van der Waals surface area contributed by atoms with Gasteiger partial charge in [-0.1, -0.05) is 12.8 Å². The largest absolute Gasteiger partial charge is 0.490 e. The second kappa shape index (κ2) is 10.7. The minimum Gasteiger partial charge on any atom is -0.490 e. The van der Waals surface area contributed by atoms with Crippen LogP contribution < -0.4 is 14.8 Å². The summed E-state index contributed by atoms with van der Waals surface area (Å²) in [5.74, 6) is 1.06. The highest BCUT2D eigenvalue weighted by molar-refractivity contribution is 5.99. The summed E-state index contributed by atoms with van der Waals surface area (Å²) in [5, 5.41) is 7.45. The van der Waals surface area contributed by atoms with Gasteiger partial charge in [0.15, 0.2) is 11.5 Å².